The fraction of sp³-hybridized carbons (Fsp3) is 0.339. The fourth-order valence-electron chi connectivity index (χ4n) is 10.7. The normalized spacial score (nSPS) is 19.0. The summed E-state index contributed by atoms with van der Waals surface area (Å²) in [7, 11) is 1.80. The number of carbonyl (C=O) groups excluding carboxylic acids is 3. The molecule has 1 aliphatic carbocycles. The highest BCUT2D eigenvalue weighted by Gasteiger charge is 2.37. The summed E-state index contributed by atoms with van der Waals surface area (Å²) in [5, 5.41) is 21.6. The van der Waals surface area contributed by atoms with Gasteiger partial charge in [0.1, 0.15) is 17.4 Å². The van der Waals surface area contributed by atoms with Crippen LogP contribution in [0.2, 0.25) is 0 Å². The molecule has 3 N–H and O–H groups in total. The van der Waals surface area contributed by atoms with Gasteiger partial charge in [0.15, 0.2) is 16.5 Å². The summed E-state index contributed by atoms with van der Waals surface area (Å²) < 4.78 is 53.3. The van der Waals surface area contributed by atoms with E-state index in [1.165, 1.54) is 35.6 Å². The number of pyridine rings is 2. The smallest absolute Gasteiger partial charge is 0.417 e. The molecule has 0 spiro atoms. The first-order valence-electron chi connectivity index (χ1n) is 25.8. The Bertz CT molecular complexity index is 3460. The Kier molecular flexibility index (Phi) is 14.2. The predicted octanol–water partition coefficient (Wildman–Crippen LogP) is 9.53. The number of amides is 3. The van der Waals surface area contributed by atoms with Crippen LogP contribution in [0.1, 0.15) is 101 Å². The number of benzene rings is 3. The third-order valence-electron chi connectivity index (χ3n) is 14.7. The SMILES string of the molecule is Cn1nc(C2CCC(=O)NC2=O)c2ccc(N3C=CN(CCCC=NC4CCC(Oc5ccc(-c6ccc(N7CCc8cccc(C(=O)Nc9nc%10ccccc%10s9)c8C7)nc6C(=O)O)c(C(F)(F)F)c5)CC4)CC3)nc21. The number of nitrogens with one attached hydrogen (secondary N) is 2. The third kappa shape index (κ3) is 10.9. The number of halogens is 3. The highest BCUT2D eigenvalue weighted by molar-refractivity contribution is 7.22. The van der Waals surface area contributed by atoms with Crippen molar-refractivity contribution in [2.24, 2.45) is 12.0 Å². The van der Waals surface area contributed by atoms with E-state index >= 15 is 0 Å². The number of anilines is 3. The van der Waals surface area contributed by atoms with E-state index in [1.54, 1.807) is 17.8 Å². The minimum Gasteiger partial charge on any atom is -0.490 e. The number of unbranched alkanes of at least 4 members (excludes halogenated alkanes) is 1. The summed E-state index contributed by atoms with van der Waals surface area (Å²) in [4.78, 5) is 75.4. The van der Waals surface area contributed by atoms with Gasteiger partial charge in [-0.2, -0.15) is 18.3 Å². The number of ether oxygens (including phenoxy) is 1. The topological polar surface area (TPSA) is 200 Å². The Morgan fingerprint density at radius 3 is 2.49 bits per heavy atom. The van der Waals surface area contributed by atoms with Gasteiger partial charge in [0, 0.05) is 81.1 Å². The second-order valence-electron chi connectivity index (χ2n) is 19.7. The van der Waals surface area contributed by atoms with Gasteiger partial charge in [-0.15, -0.1) is 0 Å². The third-order valence-corrected chi connectivity index (χ3v) is 15.7. The molecule has 1 atom stereocenters. The molecule has 396 valence electrons. The number of para-hydroxylation sites is 1. The Balaban J connectivity index is 0.669. The number of carboxylic acids is 1. The summed E-state index contributed by atoms with van der Waals surface area (Å²) >= 11 is 1.36. The van der Waals surface area contributed by atoms with Crippen LogP contribution >= 0.6 is 11.3 Å². The van der Waals surface area contributed by atoms with Crippen LogP contribution in [0.4, 0.5) is 29.9 Å². The van der Waals surface area contributed by atoms with E-state index in [4.69, 9.17) is 14.7 Å². The van der Waals surface area contributed by atoms with Gasteiger partial charge >= 0.3 is 12.1 Å². The van der Waals surface area contributed by atoms with Gasteiger partial charge in [-0.3, -0.25) is 34.7 Å². The second kappa shape index (κ2) is 21.4. The first-order valence-corrected chi connectivity index (χ1v) is 26.6. The lowest BCUT2D eigenvalue weighted by Gasteiger charge is -2.31. The van der Waals surface area contributed by atoms with Crippen LogP contribution in [0.3, 0.4) is 0 Å². The molecule has 3 aliphatic heterocycles. The standard InChI is InChI=1S/C56H54F3N11O6S/c1-67-51-40(49(66-67)41-19-22-48(71)64-53(41)73)18-21-47(63-51)69-29-27-68(28-30-69)25-5-4-24-60-34-11-13-35(14-12-34)76-36-15-16-37(43(31-36)56(57,58)59)38-17-20-46(62-50(38)54(74)75)70-26-23-33-7-6-8-39(42(33)32-70)52(72)65-55-61-44-9-2-3-10-45(44)77-55/h2-3,6-10,15-18,20-21,24,27,29,31,34-35,41H,4-5,11-14,19,22-23,25-26,28,30,32H2,1H3,(H,74,75)(H,61,65,72)(H,64,71,73). The van der Waals surface area contributed by atoms with Crippen molar-refractivity contribution >= 4 is 79.3 Å². The molecule has 3 amide bonds. The monoisotopic (exact) mass is 1070 g/mol. The van der Waals surface area contributed by atoms with E-state index in [0.29, 0.717) is 54.3 Å². The van der Waals surface area contributed by atoms with Crippen LogP contribution < -0.4 is 25.2 Å². The molecule has 7 aromatic rings. The van der Waals surface area contributed by atoms with E-state index < -0.39 is 29.3 Å². The van der Waals surface area contributed by atoms with Crippen LogP contribution in [0.15, 0.2) is 102 Å². The zero-order chi connectivity index (χ0) is 53.4. The largest absolute Gasteiger partial charge is 0.490 e. The lowest BCUT2D eigenvalue weighted by Crippen LogP contribution is -2.39. The van der Waals surface area contributed by atoms with E-state index in [9.17, 15) is 37.5 Å². The van der Waals surface area contributed by atoms with Crippen molar-refractivity contribution in [1.29, 1.82) is 0 Å². The van der Waals surface area contributed by atoms with Gasteiger partial charge in [0.2, 0.25) is 11.8 Å². The van der Waals surface area contributed by atoms with Gasteiger partial charge in [-0.05, 0) is 129 Å². The van der Waals surface area contributed by atoms with Crippen molar-refractivity contribution < 1.29 is 42.2 Å². The first kappa shape index (κ1) is 50.9. The number of thiazole rings is 1. The van der Waals surface area contributed by atoms with Crippen molar-refractivity contribution in [3.8, 4) is 16.9 Å². The Morgan fingerprint density at radius 2 is 1.71 bits per heavy atom. The number of fused-ring (bicyclic) bond motifs is 3. The van der Waals surface area contributed by atoms with Gasteiger partial charge < -0.3 is 24.5 Å². The number of carbonyl (C=O) groups is 4. The number of aryl methyl sites for hydroxylation is 1. The number of aromatic carboxylic acids is 1. The number of aliphatic imine (C=N–C) groups is 1. The molecule has 21 heteroatoms. The van der Waals surface area contributed by atoms with Crippen LogP contribution in [-0.4, -0.2) is 103 Å². The molecule has 4 aromatic heterocycles. The summed E-state index contributed by atoms with van der Waals surface area (Å²) in [5.41, 5.74) is 2.16. The molecule has 1 saturated carbocycles. The predicted molar refractivity (Wildman–Crippen MR) is 286 cm³/mol. The number of piperidine rings is 1. The molecule has 3 aromatic carbocycles. The van der Waals surface area contributed by atoms with Crippen LogP contribution in [0.25, 0.3) is 32.4 Å². The average Bonchev–Trinajstić information content (AvgIpc) is 4.06. The summed E-state index contributed by atoms with van der Waals surface area (Å²) in [6.07, 6.45) is 6.53. The molecule has 17 nitrogen and oxygen atoms in total. The molecule has 4 aliphatic rings. The summed E-state index contributed by atoms with van der Waals surface area (Å²) in [6, 6.07) is 23.6. The molecule has 77 heavy (non-hydrogen) atoms. The van der Waals surface area contributed by atoms with E-state index in [-0.39, 0.29) is 65.5 Å². The van der Waals surface area contributed by atoms with Crippen molar-refractivity contribution in [2.45, 2.75) is 88.6 Å². The maximum Gasteiger partial charge on any atom is 0.417 e. The number of rotatable bonds is 14. The zero-order valence-corrected chi connectivity index (χ0v) is 42.8. The highest BCUT2D eigenvalue weighted by atomic mass is 32.1. The number of alkyl halides is 3. The number of aromatic nitrogens is 5. The van der Waals surface area contributed by atoms with Crippen molar-refractivity contribution in [1.82, 2.24) is 34.9 Å². The molecule has 0 radical (unpaired) electrons. The summed E-state index contributed by atoms with van der Waals surface area (Å²) in [5.74, 6) is -1.82. The lowest BCUT2D eigenvalue weighted by atomic mass is 9.93. The first-order chi connectivity index (χ1) is 37.2. The number of hydrogen-bond acceptors (Lipinski definition) is 14. The molecule has 2 fully saturated rings. The maximum atomic E-state index is 14.8. The van der Waals surface area contributed by atoms with Gasteiger partial charge in [0.05, 0.1) is 33.5 Å². The van der Waals surface area contributed by atoms with Crippen molar-refractivity contribution in [3.63, 3.8) is 0 Å². The fourth-order valence-corrected chi connectivity index (χ4v) is 11.6. The number of carboxylic acid groups (broad SMARTS) is 1. The highest BCUT2D eigenvalue weighted by Crippen LogP contribution is 2.42. The quantitative estimate of drug-likeness (QED) is 0.0529. The number of imide groups is 1. The molecule has 11 rings (SSSR count). The Morgan fingerprint density at radius 1 is 0.896 bits per heavy atom. The van der Waals surface area contributed by atoms with Crippen molar-refractivity contribution in [3.05, 3.63) is 131 Å². The van der Waals surface area contributed by atoms with Crippen LogP contribution in [0.5, 0.6) is 5.75 Å². The Hall–Kier alpha value is -8.20. The minimum atomic E-state index is -4.83. The van der Waals surface area contributed by atoms with E-state index in [2.05, 4.69) is 41.7 Å². The Labute approximate surface area is 444 Å². The molecule has 7 heterocycles. The van der Waals surface area contributed by atoms with Gasteiger partial charge in [-0.1, -0.05) is 41.7 Å². The molecule has 0 bridgehead atoms. The van der Waals surface area contributed by atoms with Crippen LogP contribution in [-0.2, 0) is 35.8 Å². The number of hydrogen-bond donors (Lipinski definition) is 3. The molecular formula is C56H54F3N11O6S. The lowest BCUT2D eigenvalue weighted by molar-refractivity contribution is -0.137. The van der Waals surface area contributed by atoms with Gasteiger partial charge in [0.25, 0.3) is 5.91 Å². The second-order valence-corrected chi connectivity index (χ2v) is 20.8. The number of nitrogens with zero attached hydrogens (tertiary/aromatic N) is 9. The van der Waals surface area contributed by atoms with Crippen LogP contribution in [0, 0.1) is 0 Å². The average molecular weight is 1070 g/mol. The van der Waals surface area contributed by atoms with Crippen molar-refractivity contribution in [2.75, 3.05) is 41.3 Å². The zero-order valence-electron chi connectivity index (χ0n) is 42.0. The van der Waals surface area contributed by atoms with E-state index in [0.717, 1.165) is 83.9 Å². The maximum absolute atomic E-state index is 14.8. The molecule has 1 saturated heterocycles. The molecule has 1 unspecified atom stereocenters. The molecular weight excluding hydrogens is 1010 g/mol. The minimum absolute atomic E-state index is 0.0469. The summed E-state index contributed by atoms with van der Waals surface area (Å²) in [6.45, 7) is 3.06. The van der Waals surface area contributed by atoms with E-state index in [1.807, 2.05) is 65.8 Å². The van der Waals surface area contributed by atoms with Gasteiger partial charge in [-0.25, -0.2) is 19.7 Å².